The Morgan fingerprint density at radius 1 is 1.06 bits per heavy atom. The van der Waals surface area contributed by atoms with E-state index in [-0.39, 0.29) is 31.8 Å². The van der Waals surface area contributed by atoms with Crippen LogP contribution in [0.5, 0.6) is 0 Å². The Balaban J connectivity index is 2.26. The molecule has 1 aromatic carbocycles. The second kappa shape index (κ2) is 12.9. The number of nitrogens with zero attached hydrogens (tertiary/aromatic N) is 1. The van der Waals surface area contributed by atoms with E-state index in [2.05, 4.69) is 26.3 Å². The molecule has 0 saturated carbocycles. The van der Waals surface area contributed by atoms with Gasteiger partial charge in [0.1, 0.15) is 6.04 Å². The number of aliphatic imine (C=N–C) groups is 1. The third-order valence-corrected chi connectivity index (χ3v) is 5.25. The molecule has 0 radical (unpaired) electrons. The minimum atomic E-state index is -1.14. The van der Waals surface area contributed by atoms with Gasteiger partial charge in [0.25, 0.3) is 0 Å². The average molecular weight is 490 g/mol. The fraction of sp³-hybridized carbons (Fsp3) is 0.455. The highest BCUT2D eigenvalue weighted by molar-refractivity contribution is 5.95. The van der Waals surface area contributed by atoms with Crippen molar-refractivity contribution in [3.8, 4) is 0 Å². The molecule has 0 saturated heterocycles. The minimum Gasteiger partial charge on any atom is -0.481 e. The molecule has 1 aliphatic rings. The monoisotopic (exact) mass is 489 g/mol. The van der Waals surface area contributed by atoms with Gasteiger partial charge in [-0.15, -0.1) is 0 Å². The largest absolute Gasteiger partial charge is 0.481 e. The van der Waals surface area contributed by atoms with Crippen molar-refractivity contribution in [2.45, 2.75) is 51.1 Å². The molecule has 2 atom stereocenters. The van der Waals surface area contributed by atoms with E-state index in [1.807, 2.05) is 0 Å². The third-order valence-electron chi connectivity index (χ3n) is 5.25. The van der Waals surface area contributed by atoms with Gasteiger partial charge in [-0.2, -0.15) is 0 Å². The van der Waals surface area contributed by atoms with Crippen LogP contribution in [0.1, 0.15) is 49.3 Å². The number of carbonyl (C=O) groups is 5. The predicted octanol–water partition coefficient (Wildman–Crippen LogP) is -0.986. The molecule has 0 aliphatic carbocycles. The second-order valence-electron chi connectivity index (χ2n) is 8.13. The van der Waals surface area contributed by atoms with E-state index in [0.29, 0.717) is 17.7 Å². The van der Waals surface area contributed by atoms with Crippen LogP contribution >= 0.6 is 0 Å². The fourth-order valence-electron chi connectivity index (χ4n) is 3.43. The molecule has 1 aliphatic heterocycles. The molecular formula is C22H31N7O6. The zero-order valence-corrected chi connectivity index (χ0v) is 19.4. The molecule has 9 N–H and O–H groups in total. The maximum absolute atomic E-state index is 12.7. The summed E-state index contributed by atoms with van der Waals surface area (Å²) in [6.07, 6.45) is -0.137. The van der Waals surface area contributed by atoms with Crippen LogP contribution in [0.15, 0.2) is 23.2 Å². The third kappa shape index (κ3) is 9.31. The van der Waals surface area contributed by atoms with E-state index in [1.54, 1.807) is 25.1 Å². The van der Waals surface area contributed by atoms with Gasteiger partial charge in [0.05, 0.1) is 19.0 Å². The van der Waals surface area contributed by atoms with Crippen molar-refractivity contribution in [1.29, 1.82) is 0 Å². The lowest BCUT2D eigenvalue weighted by Gasteiger charge is -2.21. The average Bonchev–Trinajstić information content (AvgIpc) is 2.78. The Kier molecular flexibility index (Phi) is 9.99. The van der Waals surface area contributed by atoms with Crippen LogP contribution in [0.2, 0.25) is 0 Å². The van der Waals surface area contributed by atoms with Crippen LogP contribution in [0.25, 0.3) is 0 Å². The van der Waals surface area contributed by atoms with E-state index in [4.69, 9.17) is 11.5 Å². The number of rotatable bonds is 6. The van der Waals surface area contributed by atoms with E-state index in [9.17, 15) is 29.1 Å². The van der Waals surface area contributed by atoms with E-state index >= 15 is 0 Å². The number of benzene rings is 1. The van der Waals surface area contributed by atoms with Crippen molar-refractivity contribution in [1.82, 2.24) is 16.0 Å². The first kappa shape index (κ1) is 27.1. The quantitative estimate of drug-likeness (QED) is 0.149. The van der Waals surface area contributed by atoms with Crippen molar-refractivity contribution in [2.75, 3.05) is 18.4 Å². The lowest BCUT2D eigenvalue weighted by Crippen LogP contribution is -2.49. The van der Waals surface area contributed by atoms with Gasteiger partial charge >= 0.3 is 5.97 Å². The normalized spacial score (nSPS) is 19.6. The van der Waals surface area contributed by atoms with Gasteiger partial charge in [0, 0.05) is 25.1 Å². The maximum Gasteiger partial charge on any atom is 0.305 e. The lowest BCUT2D eigenvalue weighted by atomic mass is 10.0. The number of fused-ring (bicyclic) bond motifs is 2. The standard InChI is InChI=1S/C22H31N7O6/c1-12-4-5-13-9-15(12)28-18(31)7-6-17(30)27-14(3-2-8-25-22(23)24)21(35)26-11-19(32)29-16(13)10-20(33)34/h4-5,9,14,16H,2-3,6-8,10-11H2,1H3,(H,26,35)(H,27,30)(H,28,31)(H,29,32)(H,33,34)(H4,23,24,25). The number of amides is 4. The zero-order chi connectivity index (χ0) is 26.0. The number of hydrogen-bond donors (Lipinski definition) is 7. The number of hydrogen-bond acceptors (Lipinski definition) is 6. The number of aliphatic carboxylic acids is 1. The summed E-state index contributed by atoms with van der Waals surface area (Å²) in [6.45, 7) is 1.57. The Morgan fingerprint density at radius 3 is 2.43 bits per heavy atom. The maximum atomic E-state index is 12.7. The van der Waals surface area contributed by atoms with Gasteiger partial charge < -0.3 is 37.8 Å². The summed E-state index contributed by atoms with van der Waals surface area (Å²) in [7, 11) is 0. The SMILES string of the molecule is Cc1ccc2cc1NC(=O)CCC(=O)NC(CCCN=C(N)N)C(=O)NCC(=O)NC2CC(=O)O. The molecule has 0 fully saturated rings. The number of carbonyl (C=O) groups excluding carboxylic acids is 4. The number of aryl methyl sites for hydroxylation is 1. The first-order valence-electron chi connectivity index (χ1n) is 11.1. The summed E-state index contributed by atoms with van der Waals surface area (Å²) in [6, 6.07) is 3.05. The molecule has 13 heteroatoms. The minimum absolute atomic E-state index is 0.102. The first-order valence-corrected chi connectivity index (χ1v) is 11.1. The van der Waals surface area contributed by atoms with Gasteiger partial charge in [-0.1, -0.05) is 12.1 Å². The van der Waals surface area contributed by atoms with Crippen LogP contribution in [-0.4, -0.2) is 59.8 Å². The molecule has 2 rings (SSSR count). The molecule has 2 unspecified atom stereocenters. The van der Waals surface area contributed by atoms with Crippen LogP contribution in [0.4, 0.5) is 5.69 Å². The number of guanidine groups is 1. The molecule has 190 valence electrons. The molecule has 13 nitrogen and oxygen atoms in total. The molecule has 4 amide bonds. The molecule has 0 aromatic heterocycles. The van der Waals surface area contributed by atoms with E-state index in [1.165, 1.54) is 0 Å². The summed E-state index contributed by atoms with van der Waals surface area (Å²) in [5.41, 5.74) is 12.2. The van der Waals surface area contributed by atoms with E-state index < -0.39 is 54.6 Å². The Morgan fingerprint density at radius 2 is 1.74 bits per heavy atom. The fourth-order valence-corrected chi connectivity index (χ4v) is 3.43. The molecule has 1 aromatic rings. The summed E-state index contributed by atoms with van der Waals surface area (Å²) in [5.74, 6) is -3.40. The van der Waals surface area contributed by atoms with Gasteiger partial charge in [-0.25, -0.2) is 0 Å². The number of nitrogens with one attached hydrogen (secondary N) is 4. The van der Waals surface area contributed by atoms with E-state index in [0.717, 1.165) is 5.56 Å². The van der Waals surface area contributed by atoms with Crippen molar-refractivity contribution in [3.63, 3.8) is 0 Å². The summed E-state index contributed by atoms with van der Waals surface area (Å²) < 4.78 is 0. The summed E-state index contributed by atoms with van der Waals surface area (Å²) in [4.78, 5) is 65.2. The Labute approximate surface area is 202 Å². The van der Waals surface area contributed by atoms with Crippen LogP contribution < -0.4 is 32.7 Å². The molecule has 1 heterocycles. The number of carboxylic acids is 1. The molecule has 35 heavy (non-hydrogen) atoms. The summed E-state index contributed by atoms with van der Waals surface area (Å²) >= 11 is 0. The number of nitrogens with two attached hydrogens (primary N) is 2. The van der Waals surface area contributed by atoms with Gasteiger partial charge in [0.15, 0.2) is 5.96 Å². The van der Waals surface area contributed by atoms with Crippen molar-refractivity contribution >= 4 is 41.2 Å². The first-order chi connectivity index (χ1) is 16.5. The Hall–Kier alpha value is -4.16. The van der Waals surface area contributed by atoms with Crippen molar-refractivity contribution < 1.29 is 29.1 Å². The summed E-state index contributed by atoms with van der Waals surface area (Å²) in [5, 5.41) is 19.6. The predicted molar refractivity (Wildman–Crippen MR) is 127 cm³/mol. The Bertz CT molecular complexity index is 1010. The van der Waals surface area contributed by atoms with Gasteiger partial charge in [-0.05, 0) is 37.0 Å². The van der Waals surface area contributed by atoms with Crippen LogP contribution in [-0.2, 0) is 24.0 Å². The smallest absolute Gasteiger partial charge is 0.305 e. The number of carboxylic acid groups (broad SMARTS) is 1. The second-order valence-corrected chi connectivity index (χ2v) is 8.13. The van der Waals surface area contributed by atoms with Gasteiger partial charge in [0.2, 0.25) is 23.6 Å². The number of anilines is 1. The van der Waals surface area contributed by atoms with Gasteiger partial charge in [-0.3, -0.25) is 29.0 Å². The van der Waals surface area contributed by atoms with Crippen LogP contribution in [0.3, 0.4) is 0 Å². The lowest BCUT2D eigenvalue weighted by molar-refractivity contribution is -0.138. The highest BCUT2D eigenvalue weighted by Crippen LogP contribution is 2.24. The molecule has 0 spiro atoms. The van der Waals surface area contributed by atoms with Crippen LogP contribution in [0, 0.1) is 6.92 Å². The topological polar surface area (TPSA) is 218 Å². The van der Waals surface area contributed by atoms with Crippen molar-refractivity contribution in [3.05, 3.63) is 29.3 Å². The molecule has 2 bridgehead atoms. The highest BCUT2D eigenvalue weighted by Gasteiger charge is 2.24. The zero-order valence-electron chi connectivity index (χ0n) is 19.4. The van der Waals surface area contributed by atoms with Crippen molar-refractivity contribution in [2.24, 2.45) is 16.5 Å². The highest BCUT2D eigenvalue weighted by atomic mass is 16.4. The molecular weight excluding hydrogens is 458 g/mol.